The zero-order valence-corrected chi connectivity index (χ0v) is 13.1. The number of aryl methyl sites for hydroxylation is 2. The quantitative estimate of drug-likeness (QED) is 0.851. The molecule has 2 aromatic rings. The Hall–Kier alpha value is -1.97. The Morgan fingerprint density at radius 1 is 1.29 bits per heavy atom. The van der Waals surface area contributed by atoms with Gasteiger partial charge in [0.05, 0.1) is 17.7 Å². The zero-order chi connectivity index (χ0) is 15.1. The Balaban J connectivity index is 2.23. The molecular formula is C17H22N2O2. The number of nitrogens with zero attached hydrogens (tertiary/aromatic N) is 2. The predicted octanol–water partition coefficient (Wildman–Crippen LogP) is 2.70. The van der Waals surface area contributed by atoms with Crippen molar-refractivity contribution in [2.75, 3.05) is 24.6 Å². The van der Waals surface area contributed by atoms with E-state index in [-0.39, 0.29) is 5.56 Å². The summed E-state index contributed by atoms with van der Waals surface area (Å²) in [5, 5.41) is 1.09. The number of fused-ring (bicyclic) bond motifs is 2. The van der Waals surface area contributed by atoms with Crippen molar-refractivity contribution in [1.29, 1.82) is 0 Å². The molecule has 0 atom stereocenters. The lowest BCUT2D eigenvalue weighted by molar-refractivity contribution is 0.305. The summed E-state index contributed by atoms with van der Waals surface area (Å²) in [5.74, 6) is 1.52. The molecule has 0 amide bonds. The van der Waals surface area contributed by atoms with E-state index in [4.69, 9.17) is 4.74 Å². The van der Waals surface area contributed by atoms with Crippen LogP contribution >= 0.6 is 0 Å². The van der Waals surface area contributed by atoms with Gasteiger partial charge in [0, 0.05) is 25.0 Å². The number of hydrogen-bond acceptors (Lipinski definition) is 3. The first-order valence-electron chi connectivity index (χ1n) is 7.49. The van der Waals surface area contributed by atoms with E-state index in [1.54, 1.807) is 10.6 Å². The first kappa shape index (κ1) is 14.0. The van der Waals surface area contributed by atoms with Crippen LogP contribution in [0.2, 0.25) is 0 Å². The van der Waals surface area contributed by atoms with Gasteiger partial charge in [-0.3, -0.25) is 4.79 Å². The minimum atomic E-state index is 0.0343. The molecule has 1 aromatic carbocycles. The topological polar surface area (TPSA) is 34.5 Å². The first-order valence-corrected chi connectivity index (χ1v) is 7.49. The van der Waals surface area contributed by atoms with Crippen molar-refractivity contribution in [1.82, 2.24) is 4.57 Å². The van der Waals surface area contributed by atoms with Crippen molar-refractivity contribution in [3.05, 3.63) is 34.1 Å². The van der Waals surface area contributed by atoms with Crippen LogP contribution in [0.25, 0.3) is 10.9 Å². The van der Waals surface area contributed by atoms with Gasteiger partial charge in [-0.1, -0.05) is 13.8 Å². The molecule has 1 aliphatic rings. The average molecular weight is 286 g/mol. The third-order valence-corrected chi connectivity index (χ3v) is 4.08. The molecule has 0 fully saturated rings. The Morgan fingerprint density at radius 3 is 2.76 bits per heavy atom. The molecule has 0 saturated carbocycles. The van der Waals surface area contributed by atoms with Crippen LogP contribution in [0.5, 0.6) is 5.75 Å². The standard InChI is InChI=1S/C17H22N2O2/c1-11(2)10-19-5-6-21-16-8-13-12(3)7-17(20)18(4)14(13)9-15(16)19/h7-9,11H,5-6,10H2,1-4H3. The van der Waals surface area contributed by atoms with Crippen LogP contribution in [-0.2, 0) is 7.05 Å². The van der Waals surface area contributed by atoms with Gasteiger partial charge < -0.3 is 14.2 Å². The van der Waals surface area contributed by atoms with Gasteiger partial charge in [-0.05, 0) is 30.5 Å². The second kappa shape index (κ2) is 5.10. The fraction of sp³-hybridized carbons (Fsp3) is 0.471. The summed E-state index contributed by atoms with van der Waals surface area (Å²) in [6.07, 6.45) is 0. The van der Waals surface area contributed by atoms with Crippen LogP contribution in [0.4, 0.5) is 5.69 Å². The fourth-order valence-corrected chi connectivity index (χ4v) is 3.01. The molecule has 4 nitrogen and oxygen atoms in total. The lowest BCUT2D eigenvalue weighted by Gasteiger charge is -2.33. The van der Waals surface area contributed by atoms with Gasteiger partial charge in [0.1, 0.15) is 12.4 Å². The number of benzene rings is 1. The molecule has 1 aromatic heterocycles. The zero-order valence-electron chi connectivity index (χ0n) is 13.1. The van der Waals surface area contributed by atoms with E-state index in [1.165, 1.54) is 0 Å². The third kappa shape index (κ3) is 2.39. The van der Waals surface area contributed by atoms with Crippen LogP contribution in [0.1, 0.15) is 19.4 Å². The molecule has 0 radical (unpaired) electrons. The van der Waals surface area contributed by atoms with E-state index in [2.05, 4.69) is 30.9 Å². The smallest absolute Gasteiger partial charge is 0.251 e. The molecule has 1 aliphatic heterocycles. The van der Waals surface area contributed by atoms with Crippen LogP contribution in [-0.4, -0.2) is 24.3 Å². The number of ether oxygens (including phenoxy) is 1. The van der Waals surface area contributed by atoms with E-state index in [9.17, 15) is 4.79 Å². The van der Waals surface area contributed by atoms with E-state index in [0.717, 1.165) is 47.6 Å². The van der Waals surface area contributed by atoms with Crippen LogP contribution in [0.15, 0.2) is 23.0 Å². The second-order valence-corrected chi connectivity index (χ2v) is 6.25. The van der Waals surface area contributed by atoms with Gasteiger partial charge in [-0.25, -0.2) is 0 Å². The predicted molar refractivity (Wildman–Crippen MR) is 86.5 cm³/mol. The Bertz CT molecular complexity index is 747. The summed E-state index contributed by atoms with van der Waals surface area (Å²) in [7, 11) is 1.83. The highest BCUT2D eigenvalue weighted by Gasteiger charge is 2.20. The second-order valence-electron chi connectivity index (χ2n) is 6.25. The highest BCUT2D eigenvalue weighted by Crippen LogP contribution is 2.36. The van der Waals surface area contributed by atoms with Gasteiger partial charge in [0.15, 0.2) is 0 Å². The largest absolute Gasteiger partial charge is 0.490 e. The van der Waals surface area contributed by atoms with Crippen molar-refractivity contribution in [2.24, 2.45) is 13.0 Å². The van der Waals surface area contributed by atoms with Crippen molar-refractivity contribution >= 4 is 16.6 Å². The maximum atomic E-state index is 12.0. The summed E-state index contributed by atoms with van der Waals surface area (Å²) in [6, 6.07) is 5.86. The first-order chi connectivity index (χ1) is 9.97. The number of pyridine rings is 1. The van der Waals surface area contributed by atoms with Crippen LogP contribution in [0, 0.1) is 12.8 Å². The fourth-order valence-electron chi connectivity index (χ4n) is 3.01. The van der Waals surface area contributed by atoms with Gasteiger partial charge >= 0.3 is 0 Å². The number of anilines is 1. The molecule has 4 heteroatoms. The van der Waals surface area contributed by atoms with E-state index < -0.39 is 0 Å². The van der Waals surface area contributed by atoms with Crippen molar-refractivity contribution < 1.29 is 4.74 Å². The molecule has 3 rings (SSSR count). The molecule has 21 heavy (non-hydrogen) atoms. The van der Waals surface area contributed by atoms with Gasteiger partial charge in [-0.2, -0.15) is 0 Å². The molecule has 112 valence electrons. The summed E-state index contributed by atoms with van der Waals surface area (Å²) in [6.45, 7) is 9.03. The van der Waals surface area contributed by atoms with Crippen molar-refractivity contribution in [3.8, 4) is 5.75 Å². The molecule has 0 N–H and O–H groups in total. The van der Waals surface area contributed by atoms with Crippen LogP contribution in [0.3, 0.4) is 0 Å². The summed E-state index contributed by atoms with van der Waals surface area (Å²) in [5.41, 5.74) is 3.11. The van der Waals surface area contributed by atoms with E-state index >= 15 is 0 Å². The maximum Gasteiger partial charge on any atom is 0.251 e. The molecule has 0 unspecified atom stereocenters. The normalized spacial score (nSPS) is 14.4. The molecule has 0 saturated heterocycles. The molecule has 0 bridgehead atoms. The highest BCUT2D eigenvalue weighted by atomic mass is 16.5. The minimum Gasteiger partial charge on any atom is -0.490 e. The summed E-state index contributed by atoms with van der Waals surface area (Å²) in [4.78, 5) is 14.4. The molecular weight excluding hydrogens is 264 g/mol. The number of aromatic nitrogens is 1. The molecule has 2 heterocycles. The van der Waals surface area contributed by atoms with E-state index in [0.29, 0.717) is 5.92 Å². The third-order valence-electron chi connectivity index (χ3n) is 4.08. The van der Waals surface area contributed by atoms with Gasteiger partial charge in [0.2, 0.25) is 0 Å². The lowest BCUT2D eigenvalue weighted by Crippen LogP contribution is -2.35. The van der Waals surface area contributed by atoms with Crippen molar-refractivity contribution in [2.45, 2.75) is 20.8 Å². The SMILES string of the molecule is Cc1cc(=O)n(C)c2cc3c(cc12)OCCN3CC(C)C. The minimum absolute atomic E-state index is 0.0343. The monoisotopic (exact) mass is 286 g/mol. The van der Waals surface area contributed by atoms with Crippen molar-refractivity contribution in [3.63, 3.8) is 0 Å². The van der Waals surface area contributed by atoms with E-state index in [1.807, 2.05) is 14.0 Å². The molecule has 0 spiro atoms. The highest BCUT2D eigenvalue weighted by molar-refractivity contribution is 5.89. The molecule has 0 aliphatic carbocycles. The summed E-state index contributed by atoms with van der Waals surface area (Å²) >= 11 is 0. The van der Waals surface area contributed by atoms with Gasteiger partial charge in [0.25, 0.3) is 5.56 Å². The van der Waals surface area contributed by atoms with Crippen LogP contribution < -0.4 is 15.2 Å². The Morgan fingerprint density at radius 2 is 2.05 bits per heavy atom. The summed E-state index contributed by atoms with van der Waals surface area (Å²) < 4.78 is 7.55. The van der Waals surface area contributed by atoms with Gasteiger partial charge in [-0.15, -0.1) is 0 Å². The Kier molecular flexibility index (Phi) is 3.40. The lowest BCUT2D eigenvalue weighted by atomic mass is 10.1. The number of hydrogen-bond donors (Lipinski definition) is 0. The number of rotatable bonds is 2. The average Bonchev–Trinajstić information content (AvgIpc) is 2.43. The maximum absolute atomic E-state index is 12.0. The Labute approximate surface area is 124 Å².